The smallest absolute Gasteiger partial charge is 0.234 e. The Hall–Kier alpha value is -2.24. The number of halogens is 1. The fourth-order valence-electron chi connectivity index (χ4n) is 2.74. The van der Waals surface area contributed by atoms with Crippen LogP contribution in [0.15, 0.2) is 42.5 Å². The molecule has 1 heterocycles. The van der Waals surface area contributed by atoms with Crippen molar-refractivity contribution in [1.29, 1.82) is 0 Å². The van der Waals surface area contributed by atoms with Gasteiger partial charge in [0.2, 0.25) is 12.7 Å². The van der Waals surface area contributed by atoms with E-state index in [0.717, 1.165) is 16.9 Å². The molecule has 3 rings (SSSR count). The van der Waals surface area contributed by atoms with Gasteiger partial charge in [0.15, 0.2) is 11.5 Å². The van der Waals surface area contributed by atoms with Gasteiger partial charge >= 0.3 is 0 Å². The van der Waals surface area contributed by atoms with E-state index in [1.54, 1.807) is 0 Å². The lowest BCUT2D eigenvalue weighted by Gasteiger charge is -2.18. The predicted molar refractivity (Wildman–Crippen MR) is 97.0 cm³/mol. The zero-order chi connectivity index (χ0) is 17.8. The van der Waals surface area contributed by atoms with Crippen molar-refractivity contribution in [1.82, 2.24) is 10.6 Å². The molecule has 2 aromatic rings. The van der Waals surface area contributed by atoms with Crippen LogP contribution in [-0.2, 0) is 4.79 Å². The van der Waals surface area contributed by atoms with Gasteiger partial charge in [0.1, 0.15) is 0 Å². The van der Waals surface area contributed by atoms with Crippen LogP contribution in [0.2, 0.25) is 5.02 Å². The Morgan fingerprint density at radius 2 is 1.88 bits per heavy atom. The molecule has 1 aliphatic rings. The Kier molecular flexibility index (Phi) is 5.46. The Labute approximate surface area is 152 Å². The highest BCUT2D eigenvalue weighted by Gasteiger charge is 2.17. The van der Waals surface area contributed by atoms with Crippen LogP contribution in [0.5, 0.6) is 11.5 Å². The summed E-state index contributed by atoms with van der Waals surface area (Å²) >= 11 is 6.18. The van der Waals surface area contributed by atoms with Crippen molar-refractivity contribution in [2.45, 2.75) is 25.9 Å². The molecule has 1 amide bonds. The second-order valence-electron chi connectivity index (χ2n) is 6.03. The van der Waals surface area contributed by atoms with Crippen molar-refractivity contribution in [3.05, 3.63) is 58.6 Å². The average molecular weight is 361 g/mol. The van der Waals surface area contributed by atoms with Gasteiger partial charge in [-0.3, -0.25) is 4.79 Å². The Balaban J connectivity index is 1.53. The van der Waals surface area contributed by atoms with E-state index in [2.05, 4.69) is 10.6 Å². The van der Waals surface area contributed by atoms with Gasteiger partial charge in [0, 0.05) is 11.1 Å². The molecule has 0 saturated carbocycles. The van der Waals surface area contributed by atoms with Crippen LogP contribution in [0.3, 0.4) is 0 Å². The molecule has 6 heteroatoms. The van der Waals surface area contributed by atoms with Crippen LogP contribution in [0.1, 0.15) is 37.1 Å². The summed E-state index contributed by atoms with van der Waals surface area (Å²) < 4.78 is 10.7. The molecular weight excluding hydrogens is 340 g/mol. The molecule has 0 radical (unpaired) electrons. The molecule has 0 fully saturated rings. The molecule has 2 N–H and O–H groups in total. The van der Waals surface area contributed by atoms with E-state index in [4.69, 9.17) is 21.1 Å². The maximum absolute atomic E-state index is 12.2. The Morgan fingerprint density at radius 1 is 1.12 bits per heavy atom. The molecule has 0 spiro atoms. The topological polar surface area (TPSA) is 59.6 Å². The van der Waals surface area contributed by atoms with Crippen LogP contribution in [0.4, 0.5) is 0 Å². The van der Waals surface area contributed by atoms with Crippen LogP contribution in [0.25, 0.3) is 0 Å². The van der Waals surface area contributed by atoms with E-state index in [1.165, 1.54) is 0 Å². The van der Waals surface area contributed by atoms with Gasteiger partial charge in [-0.2, -0.15) is 0 Å². The van der Waals surface area contributed by atoms with Gasteiger partial charge in [-0.15, -0.1) is 0 Å². The van der Waals surface area contributed by atoms with E-state index < -0.39 is 0 Å². The Bertz CT molecular complexity index is 766. The van der Waals surface area contributed by atoms with Crippen molar-refractivity contribution in [3.8, 4) is 11.5 Å². The molecule has 2 aromatic carbocycles. The number of fused-ring (bicyclic) bond motifs is 1. The van der Waals surface area contributed by atoms with E-state index >= 15 is 0 Å². The molecule has 5 nitrogen and oxygen atoms in total. The number of amides is 1. The molecule has 0 bridgehead atoms. The number of hydrogen-bond donors (Lipinski definition) is 2. The van der Waals surface area contributed by atoms with Crippen LogP contribution < -0.4 is 20.1 Å². The van der Waals surface area contributed by atoms with Gasteiger partial charge < -0.3 is 20.1 Å². The van der Waals surface area contributed by atoms with Crippen LogP contribution in [-0.4, -0.2) is 19.2 Å². The number of benzene rings is 2. The van der Waals surface area contributed by atoms with E-state index in [-0.39, 0.29) is 31.3 Å². The third-order valence-electron chi connectivity index (χ3n) is 4.21. The fourth-order valence-corrected chi connectivity index (χ4v) is 3.04. The summed E-state index contributed by atoms with van der Waals surface area (Å²) in [6, 6.07) is 13.2. The van der Waals surface area contributed by atoms with E-state index in [0.29, 0.717) is 10.8 Å². The molecule has 1 aliphatic heterocycles. The van der Waals surface area contributed by atoms with Gasteiger partial charge in [0.25, 0.3) is 0 Å². The highest BCUT2D eigenvalue weighted by atomic mass is 35.5. The number of carbonyl (C=O) groups is 1. The molecular formula is C19H21ClN2O3. The number of carbonyl (C=O) groups excluding carboxylic acids is 1. The minimum absolute atomic E-state index is 0.0136. The zero-order valence-electron chi connectivity index (χ0n) is 14.2. The third kappa shape index (κ3) is 4.24. The molecule has 0 saturated heterocycles. The minimum Gasteiger partial charge on any atom is -0.454 e. The molecule has 2 atom stereocenters. The monoisotopic (exact) mass is 360 g/mol. The lowest BCUT2D eigenvalue weighted by molar-refractivity contribution is -0.121. The van der Waals surface area contributed by atoms with Crippen LogP contribution in [0, 0.1) is 0 Å². The third-order valence-corrected chi connectivity index (χ3v) is 4.56. The summed E-state index contributed by atoms with van der Waals surface area (Å²) in [7, 11) is 0. The van der Waals surface area contributed by atoms with Crippen molar-refractivity contribution in [3.63, 3.8) is 0 Å². The fraction of sp³-hybridized carbons (Fsp3) is 0.316. The van der Waals surface area contributed by atoms with Gasteiger partial charge in [-0.25, -0.2) is 0 Å². The first-order valence-electron chi connectivity index (χ1n) is 8.21. The lowest BCUT2D eigenvalue weighted by Crippen LogP contribution is -2.36. The quantitative estimate of drug-likeness (QED) is 0.826. The van der Waals surface area contributed by atoms with Gasteiger partial charge in [0.05, 0.1) is 12.6 Å². The maximum atomic E-state index is 12.2. The van der Waals surface area contributed by atoms with E-state index in [9.17, 15) is 4.79 Å². The van der Waals surface area contributed by atoms with Gasteiger partial charge in [-0.1, -0.05) is 35.9 Å². The molecule has 0 unspecified atom stereocenters. The summed E-state index contributed by atoms with van der Waals surface area (Å²) in [5.41, 5.74) is 1.94. The van der Waals surface area contributed by atoms with Crippen molar-refractivity contribution in [2.24, 2.45) is 0 Å². The minimum atomic E-state index is -0.126. The molecule has 0 aliphatic carbocycles. The molecule has 132 valence electrons. The second kappa shape index (κ2) is 7.76. The van der Waals surface area contributed by atoms with Crippen molar-refractivity contribution >= 4 is 17.5 Å². The highest BCUT2D eigenvalue weighted by molar-refractivity contribution is 6.31. The molecule has 25 heavy (non-hydrogen) atoms. The number of hydrogen-bond acceptors (Lipinski definition) is 4. The normalized spacial score (nSPS) is 14.8. The summed E-state index contributed by atoms with van der Waals surface area (Å²) in [5.74, 6) is 1.37. The lowest BCUT2D eigenvalue weighted by atomic mass is 10.1. The summed E-state index contributed by atoms with van der Waals surface area (Å²) in [6.07, 6.45) is 0. The molecule has 0 aromatic heterocycles. The second-order valence-corrected chi connectivity index (χ2v) is 6.43. The average Bonchev–Trinajstić information content (AvgIpc) is 3.07. The highest BCUT2D eigenvalue weighted by Crippen LogP contribution is 2.34. The number of rotatable bonds is 6. The number of ether oxygens (including phenoxy) is 2. The van der Waals surface area contributed by atoms with E-state index in [1.807, 2.05) is 56.3 Å². The summed E-state index contributed by atoms with van der Waals surface area (Å²) in [6.45, 7) is 4.37. The number of nitrogens with one attached hydrogen (secondary N) is 2. The largest absolute Gasteiger partial charge is 0.454 e. The first kappa shape index (κ1) is 17.6. The maximum Gasteiger partial charge on any atom is 0.234 e. The summed E-state index contributed by atoms with van der Waals surface area (Å²) in [4.78, 5) is 12.2. The predicted octanol–water partition coefficient (Wildman–Crippen LogP) is 3.60. The van der Waals surface area contributed by atoms with Gasteiger partial charge in [-0.05, 0) is 43.2 Å². The van der Waals surface area contributed by atoms with Crippen LogP contribution >= 0.6 is 11.6 Å². The standard InChI is InChI=1S/C19H21ClN2O3/c1-12(14-7-8-17-18(9-14)25-11-24-17)22-19(23)10-21-13(2)15-5-3-4-6-16(15)20/h3-9,12-13,21H,10-11H2,1-2H3,(H,22,23)/t12-,13+/m0/s1. The first-order valence-corrected chi connectivity index (χ1v) is 8.59. The first-order chi connectivity index (χ1) is 12.0. The van der Waals surface area contributed by atoms with Crippen molar-refractivity contribution in [2.75, 3.05) is 13.3 Å². The summed E-state index contributed by atoms with van der Waals surface area (Å²) in [5, 5.41) is 6.87. The Morgan fingerprint density at radius 3 is 2.68 bits per heavy atom. The SMILES string of the molecule is C[C@H](NC(=O)CN[C@H](C)c1ccccc1Cl)c1ccc2c(c1)OCO2. The van der Waals surface area contributed by atoms with Crippen molar-refractivity contribution < 1.29 is 14.3 Å². The zero-order valence-corrected chi connectivity index (χ0v) is 15.0.